The second-order valence-corrected chi connectivity index (χ2v) is 9.35. The van der Waals surface area contributed by atoms with E-state index in [0.29, 0.717) is 12.1 Å². The predicted octanol–water partition coefficient (Wildman–Crippen LogP) is 3.83. The lowest BCUT2D eigenvalue weighted by atomic mass is 10.2. The minimum atomic E-state index is -4.68. The van der Waals surface area contributed by atoms with Crippen molar-refractivity contribution < 1.29 is 21.6 Å². The van der Waals surface area contributed by atoms with Crippen LogP contribution >= 0.6 is 23.2 Å². The minimum Gasteiger partial charge on any atom is -0.382 e. The Morgan fingerprint density at radius 3 is 2.31 bits per heavy atom. The van der Waals surface area contributed by atoms with Crippen LogP contribution in [0.1, 0.15) is 24.1 Å². The summed E-state index contributed by atoms with van der Waals surface area (Å²) in [5.74, 6) is -0.159. The zero-order chi connectivity index (χ0) is 21.7. The first-order chi connectivity index (χ1) is 13.3. The largest absolute Gasteiger partial charge is 0.416 e. The molecule has 0 spiro atoms. The van der Waals surface area contributed by atoms with Gasteiger partial charge >= 0.3 is 6.18 Å². The van der Waals surface area contributed by atoms with Crippen LogP contribution in [0.15, 0.2) is 12.1 Å². The van der Waals surface area contributed by atoms with E-state index in [4.69, 9.17) is 28.9 Å². The number of benzene rings is 1. The molecular formula is C16H14Cl2F3N5O2S. The van der Waals surface area contributed by atoms with Crippen molar-refractivity contribution in [3.63, 3.8) is 0 Å². The topological polar surface area (TPSA) is 105 Å². The number of hydrogen-bond acceptors (Lipinski definition) is 5. The van der Waals surface area contributed by atoms with Gasteiger partial charge in [-0.2, -0.15) is 23.5 Å². The van der Waals surface area contributed by atoms with E-state index in [1.807, 2.05) is 0 Å². The molecule has 3 rings (SSSR count). The molecule has 1 aliphatic carbocycles. The molecule has 0 saturated heterocycles. The highest BCUT2D eigenvalue weighted by Gasteiger charge is 2.35. The molecule has 1 aromatic heterocycles. The van der Waals surface area contributed by atoms with Gasteiger partial charge in [-0.15, -0.1) is 0 Å². The fourth-order valence-corrected chi connectivity index (χ4v) is 4.41. The standard InChI is InChI=1S/C16H14Cl2F3N5O2S/c1-29(27,28)25(7-8-2-3-8)14-12(6-22)24-26(15(14)23)13-10(17)4-9(5-11(13)18)16(19,20)21/h4-5,8H,2-3,7,23H2,1H3. The Morgan fingerprint density at radius 1 is 1.34 bits per heavy atom. The summed E-state index contributed by atoms with van der Waals surface area (Å²) in [7, 11) is -3.81. The zero-order valence-corrected chi connectivity index (χ0v) is 17.2. The van der Waals surface area contributed by atoms with Gasteiger partial charge in [-0.3, -0.25) is 4.31 Å². The highest BCUT2D eigenvalue weighted by atomic mass is 35.5. The number of anilines is 2. The maximum Gasteiger partial charge on any atom is 0.416 e. The van der Waals surface area contributed by atoms with Crippen molar-refractivity contribution >= 4 is 44.7 Å². The van der Waals surface area contributed by atoms with Crippen LogP contribution < -0.4 is 10.0 Å². The Balaban J connectivity index is 2.20. The van der Waals surface area contributed by atoms with Crippen LogP contribution in [0.2, 0.25) is 10.0 Å². The highest BCUT2D eigenvalue weighted by Crippen LogP contribution is 2.41. The molecule has 1 aliphatic rings. The lowest BCUT2D eigenvalue weighted by molar-refractivity contribution is -0.137. The summed E-state index contributed by atoms with van der Waals surface area (Å²) in [6.07, 6.45) is -2.05. The van der Waals surface area contributed by atoms with Crippen molar-refractivity contribution in [1.29, 1.82) is 5.26 Å². The molecule has 1 heterocycles. The van der Waals surface area contributed by atoms with Crippen molar-refractivity contribution in [2.24, 2.45) is 5.92 Å². The Hall–Kier alpha value is -2.16. The van der Waals surface area contributed by atoms with E-state index < -0.39 is 31.8 Å². The Labute approximate surface area is 174 Å². The van der Waals surface area contributed by atoms with Gasteiger partial charge in [0.2, 0.25) is 10.0 Å². The smallest absolute Gasteiger partial charge is 0.382 e. The number of rotatable bonds is 5. The van der Waals surface area contributed by atoms with E-state index in [9.17, 15) is 26.9 Å². The van der Waals surface area contributed by atoms with Crippen molar-refractivity contribution in [1.82, 2.24) is 9.78 Å². The molecule has 0 atom stereocenters. The molecule has 0 amide bonds. The van der Waals surface area contributed by atoms with Gasteiger partial charge in [-0.1, -0.05) is 23.2 Å². The number of aromatic nitrogens is 2. The zero-order valence-electron chi connectivity index (χ0n) is 14.8. The fraction of sp³-hybridized carbons (Fsp3) is 0.375. The molecule has 0 radical (unpaired) electrons. The van der Waals surface area contributed by atoms with E-state index in [2.05, 4.69) is 5.10 Å². The SMILES string of the molecule is CS(=O)(=O)N(CC1CC1)c1c(C#N)nn(-c2c(Cl)cc(C(F)(F)F)cc2Cl)c1N. The third-order valence-corrected chi connectivity index (χ3v) is 6.04. The molecule has 7 nitrogen and oxygen atoms in total. The van der Waals surface area contributed by atoms with Crippen molar-refractivity contribution in [2.45, 2.75) is 19.0 Å². The minimum absolute atomic E-state index is 0.109. The third-order valence-electron chi connectivity index (χ3n) is 4.33. The van der Waals surface area contributed by atoms with Gasteiger partial charge in [0.1, 0.15) is 17.4 Å². The number of nitrogens with two attached hydrogens (primary N) is 1. The lowest BCUT2D eigenvalue weighted by Gasteiger charge is -2.22. The maximum atomic E-state index is 13.0. The second kappa shape index (κ2) is 7.27. The third kappa shape index (κ3) is 4.24. The number of alkyl halides is 3. The fourth-order valence-electron chi connectivity index (χ4n) is 2.77. The summed E-state index contributed by atoms with van der Waals surface area (Å²) in [6.45, 7) is 0.109. The van der Waals surface area contributed by atoms with Crippen LogP contribution in [0.4, 0.5) is 24.7 Å². The molecule has 2 N–H and O–H groups in total. The molecule has 0 bridgehead atoms. The summed E-state index contributed by atoms with van der Waals surface area (Å²) in [5, 5.41) is 12.6. The molecule has 0 aliphatic heterocycles. The summed E-state index contributed by atoms with van der Waals surface area (Å²) in [5.41, 5.74) is 4.33. The second-order valence-electron chi connectivity index (χ2n) is 6.63. The van der Waals surface area contributed by atoms with Gasteiger partial charge in [0, 0.05) is 6.54 Å². The number of nitrogens with zero attached hydrogens (tertiary/aromatic N) is 4. The van der Waals surface area contributed by atoms with E-state index in [1.165, 1.54) is 0 Å². The number of nitriles is 1. The van der Waals surface area contributed by atoms with Crippen molar-refractivity contribution in [3.8, 4) is 11.8 Å². The van der Waals surface area contributed by atoms with Crippen LogP contribution in [-0.4, -0.2) is 31.0 Å². The van der Waals surface area contributed by atoms with E-state index in [1.54, 1.807) is 6.07 Å². The Kier molecular flexibility index (Phi) is 5.40. The number of nitrogen functional groups attached to an aromatic ring is 1. The molecule has 1 fully saturated rings. The van der Waals surface area contributed by atoms with Gasteiger partial charge in [-0.05, 0) is 30.9 Å². The molecule has 156 valence electrons. The van der Waals surface area contributed by atoms with Gasteiger partial charge in [-0.25, -0.2) is 13.1 Å². The molecule has 1 aromatic carbocycles. The van der Waals surface area contributed by atoms with E-state index in [-0.39, 0.29) is 35.3 Å². The number of sulfonamides is 1. The van der Waals surface area contributed by atoms with Gasteiger partial charge in [0.25, 0.3) is 0 Å². The summed E-state index contributed by atoms with van der Waals surface area (Å²) in [6, 6.07) is 3.06. The summed E-state index contributed by atoms with van der Waals surface area (Å²) >= 11 is 12.0. The highest BCUT2D eigenvalue weighted by molar-refractivity contribution is 7.92. The average Bonchev–Trinajstić information content (AvgIpc) is 3.34. The van der Waals surface area contributed by atoms with Crippen molar-refractivity contribution in [2.75, 3.05) is 22.8 Å². The average molecular weight is 468 g/mol. The van der Waals surface area contributed by atoms with Gasteiger partial charge < -0.3 is 5.73 Å². The molecule has 29 heavy (non-hydrogen) atoms. The first-order valence-corrected chi connectivity index (χ1v) is 10.8. The predicted molar refractivity (Wildman–Crippen MR) is 103 cm³/mol. The monoisotopic (exact) mass is 467 g/mol. The summed E-state index contributed by atoms with van der Waals surface area (Å²) < 4.78 is 65.4. The van der Waals surface area contributed by atoms with Gasteiger partial charge in [0.15, 0.2) is 11.5 Å². The number of hydrogen-bond donors (Lipinski definition) is 1. The molecular weight excluding hydrogens is 454 g/mol. The van der Waals surface area contributed by atoms with Crippen LogP contribution in [0.3, 0.4) is 0 Å². The number of halogens is 5. The van der Waals surface area contributed by atoms with Crippen LogP contribution in [0.5, 0.6) is 0 Å². The first kappa shape index (κ1) is 21.5. The first-order valence-electron chi connectivity index (χ1n) is 8.17. The molecule has 2 aromatic rings. The van der Waals surface area contributed by atoms with Gasteiger partial charge in [0.05, 0.1) is 21.9 Å². The quantitative estimate of drug-likeness (QED) is 0.719. The molecule has 1 saturated carbocycles. The molecule has 13 heteroatoms. The van der Waals surface area contributed by atoms with E-state index in [0.717, 1.165) is 28.1 Å². The lowest BCUT2D eigenvalue weighted by Crippen LogP contribution is -2.32. The maximum absolute atomic E-state index is 13.0. The summed E-state index contributed by atoms with van der Waals surface area (Å²) in [4.78, 5) is 0. The van der Waals surface area contributed by atoms with Crippen LogP contribution in [-0.2, 0) is 16.2 Å². The van der Waals surface area contributed by atoms with E-state index >= 15 is 0 Å². The molecule has 0 unspecified atom stereocenters. The Bertz CT molecular complexity index is 1100. The normalized spacial score (nSPS) is 14.7. The van der Waals surface area contributed by atoms with Crippen LogP contribution in [0.25, 0.3) is 5.69 Å². The van der Waals surface area contributed by atoms with Crippen molar-refractivity contribution in [3.05, 3.63) is 33.4 Å². The van der Waals surface area contributed by atoms with Crippen LogP contribution in [0, 0.1) is 17.2 Å². The Morgan fingerprint density at radius 2 is 1.90 bits per heavy atom.